The van der Waals surface area contributed by atoms with E-state index in [1.165, 1.54) is 7.05 Å². The number of rotatable bonds is 6. The zero-order valence-corrected chi connectivity index (χ0v) is 12.1. The first-order chi connectivity index (χ1) is 9.28. The highest BCUT2D eigenvalue weighted by Gasteiger charge is 2.22. The van der Waals surface area contributed by atoms with Gasteiger partial charge in [-0.2, -0.15) is 0 Å². The van der Waals surface area contributed by atoms with Crippen LogP contribution < -0.4 is 5.73 Å². The van der Waals surface area contributed by atoms with Crippen molar-refractivity contribution in [3.63, 3.8) is 0 Å². The van der Waals surface area contributed by atoms with E-state index in [0.29, 0.717) is 0 Å². The molecule has 1 aromatic carbocycles. The third-order valence-electron chi connectivity index (χ3n) is 2.61. The first kappa shape index (κ1) is 16.4. The molecule has 0 fully saturated rings. The molecule has 2 N–H and O–H groups in total. The van der Waals surface area contributed by atoms with Gasteiger partial charge in [0.15, 0.2) is 0 Å². The molecule has 8 heteroatoms. The number of nitrogens with two attached hydrogens (primary N) is 1. The molecule has 0 aliphatic rings. The molecule has 1 aromatic rings. The number of nitrogen functional groups attached to an aromatic ring is 1. The van der Waals surface area contributed by atoms with E-state index in [9.17, 15) is 17.6 Å². The highest BCUT2D eigenvalue weighted by Crippen LogP contribution is 2.19. The van der Waals surface area contributed by atoms with Gasteiger partial charge in [0.1, 0.15) is 5.82 Å². The number of nitrogens with zero attached hydrogens (tertiary/aromatic N) is 1. The third kappa shape index (κ3) is 3.91. The summed E-state index contributed by atoms with van der Waals surface area (Å²) in [6.45, 7) is 1.88. The molecule has 112 valence electrons. The summed E-state index contributed by atoms with van der Waals surface area (Å²) in [6, 6.07) is 3.16. The predicted octanol–water partition coefficient (Wildman–Crippen LogP) is 0.982. The Balaban J connectivity index is 2.82. The summed E-state index contributed by atoms with van der Waals surface area (Å²) in [7, 11) is -2.48. The fraction of sp³-hybridized carbons (Fsp3) is 0.417. The quantitative estimate of drug-likeness (QED) is 0.625. The normalized spacial score (nSPS) is 11.6. The number of anilines is 1. The lowest BCUT2D eigenvalue weighted by Gasteiger charge is -2.17. The molecule has 0 amide bonds. The van der Waals surface area contributed by atoms with E-state index < -0.39 is 21.8 Å². The highest BCUT2D eigenvalue weighted by molar-refractivity contribution is 7.89. The Kier molecular flexibility index (Phi) is 5.46. The average molecular weight is 304 g/mol. The van der Waals surface area contributed by atoms with Crippen LogP contribution in [0.2, 0.25) is 0 Å². The molecule has 0 spiro atoms. The van der Waals surface area contributed by atoms with Crippen molar-refractivity contribution in [3.8, 4) is 0 Å². The molecule has 0 atom stereocenters. The third-order valence-corrected chi connectivity index (χ3v) is 4.46. The standard InChI is InChI=1S/C12H17FN2O4S/c1-3-19-12(16)6-7-15(2)20(17,18)9-4-5-10(13)11(14)8-9/h4-5,8H,3,6-7,14H2,1-2H3. The van der Waals surface area contributed by atoms with Gasteiger partial charge < -0.3 is 10.5 Å². The zero-order chi connectivity index (χ0) is 15.3. The molecule has 0 saturated carbocycles. The van der Waals surface area contributed by atoms with Crippen LogP contribution in [0.25, 0.3) is 0 Å². The molecule has 1 rings (SSSR count). The van der Waals surface area contributed by atoms with Gasteiger partial charge in [0.05, 0.1) is 23.6 Å². The van der Waals surface area contributed by atoms with Crippen molar-refractivity contribution in [2.75, 3.05) is 25.9 Å². The van der Waals surface area contributed by atoms with Crippen molar-refractivity contribution in [2.45, 2.75) is 18.2 Å². The minimum Gasteiger partial charge on any atom is -0.466 e. The van der Waals surface area contributed by atoms with Crippen LogP contribution in [-0.2, 0) is 19.6 Å². The molecule has 0 saturated heterocycles. The van der Waals surface area contributed by atoms with Gasteiger partial charge >= 0.3 is 5.97 Å². The van der Waals surface area contributed by atoms with Gasteiger partial charge in [0.25, 0.3) is 0 Å². The lowest BCUT2D eigenvalue weighted by atomic mass is 10.3. The van der Waals surface area contributed by atoms with Crippen LogP contribution >= 0.6 is 0 Å². The van der Waals surface area contributed by atoms with Crippen molar-refractivity contribution in [2.24, 2.45) is 0 Å². The Hall–Kier alpha value is -1.67. The van der Waals surface area contributed by atoms with E-state index in [1.54, 1.807) is 6.92 Å². The smallest absolute Gasteiger partial charge is 0.307 e. The summed E-state index contributed by atoms with van der Waals surface area (Å²) in [5, 5.41) is 0. The second-order valence-electron chi connectivity index (χ2n) is 4.06. The monoisotopic (exact) mass is 304 g/mol. The number of benzene rings is 1. The summed E-state index contributed by atoms with van der Waals surface area (Å²) in [5.41, 5.74) is 5.10. The van der Waals surface area contributed by atoms with Gasteiger partial charge in [0, 0.05) is 13.6 Å². The Morgan fingerprint density at radius 1 is 1.45 bits per heavy atom. The van der Waals surface area contributed by atoms with E-state index in [-0.39, 0.29) is 30.2 Å². The van der Waals surface area contributed by atoms with Crippen LogP contribution in [0.5, 0.6) is 0 Å². The number of sulfonamides is 1. The van der Waals surface area contributed by atoms with E-state index in [4.69, 9.17) is 10.5 Å². The van der Waals surface area contributed by atoms with E-state index >= 15 is 0 Å². The number of esters is 1. The summed E-state index contributed by atoms with van der Waals surface area (Å²) < 4.78 is 43.1. The predicted molar refractivity (Wildman–Crippen MR) is 71.9 cm³/mol. The summed E-state index contributed by atoms with van der Waals surface area (Å²) >= 11 is 0. The number of carbonyl (C=O) groups is 1. The molecular weight excluding hydrogens is 287 g/mol. The van der Waals surface area contributed by atoms with Crippen molar-refractivity contribution >= 4 is 21.7 Å². The van der Waals surface area contributed by atoms with E-state index in [0.717, 1.165) is 22.5 Å². The Morgan fingerprint density at radius 2 is 2.10 bits per heavy atom. The Labute approximate surface area is 117 Å². The molecule has 0 unspecified atom stereocenters. The molecule has 0 aromatic heterocycles. The average Bonchev–Trinajstić information content (AvgIpc) is 2.39. The Morgan fingerprint density at radius 3 is 2.65 bits per heavy atom. The van der Waals surface area contributed by atoms with Crippen molar-refractivity contribution in [1.82, 2.24) is 4.31 Å². The first-order valence-electron chi connectivity index (χ1n) is 5.96. The lowest BCUT2D eigenvalue weighted by Crippen LogP contribution is -2.29. The maximum atomic E-state index is 13.0. The second-order valence-corrected chi connectivity index (χ2v) is 6.11. The molecule has 0 bridgehead atoms. The molecule has 0 heterocycles. The number of ether oxygens (including phenoxy) is 1. The zero-order valence-electron chi connectivity index (χ0n) is 11.3. The number of halogens is 1. The summed E-state index contributed by atoms with van der Waals surface area (Å²) in [6.07, 6.45) is -0.0553. The van der Waals surface area contributed by atoms with E-state index in [1.807, 2.05) is 0 Å². The fourth-order valence-corrected chi connectivity index (χ4v) is 2.67. The number of hydrogen-bond donors (Lipinski definition) is 1. The molecule has 0 aliphatic carbocycles. The maximum Gasteiger partial charge on any atom is 0.307 e. The van der Waals surface area contributed by atoms with Gasteiger partial charge in [-0.3, -0.25) is 4.79 Å². The molecule has 20 heavy (non-hydrogen) atoms. The molecule has 0 aliphatic heterocycles. The number of carbonyl (C=O) groups excluding carboxylic acids is 1. The number of hydrogen-bond acceptors (Lipinski definition) is 5. The van der Waals surface area contributed by atoms with Crippen LogP contribution in [0.4, 0.5) is 10.1 Å². The van der Waals surface area contributed by atoms with E-state index in [2.05, 4.69) is 0 Å². The summed E-state index contributed by atoms with van der Waals surface area (Å²) in [5.74, 6) is -1.16. The molecule has 6 nitrogen and oxygen atoms in total. The Bertz CT molecular complexity index is 589. The van der Waals surface area contributed by atoms with Gasteiger partial charge in [-0.15, -0.1) is 0 Å². The van der Waals surface area contributed by atoms with Crippen molar-refractivity contribution in [1.29, 1.82) is 0 Å². The van der Waals surface area contributed by atoms with Crippen LogP contribution in [0.15, 0.2) is 23.1 Å². The van der Waals surface area contributed by atoms with Crippen LogP contribution in [0, 0.1) is 5.82 Å². The maximum absolute atomic E-state index is 13.0. The van der Waals surface area contributed by atoms with Gasteiger partial charge in [-0.25, -0.2) is 17.1 Å². The van der Waals surface area contributed by atoms with Crippen molar-refractivity contribution in [3.05, 3.63) is 24.0 Å². The van der Waals surface area contributed by atoms with Gasteiger partial charge in [-0.05, 0) is 25.1 Å². The summed E-state index contributed by atoms with van der Waals surface area (Å²) in [4.78, 5) is 11.1. The molecular formula is C12H17FN2O4S. The first-order valence-corrected chi connectivity index (χ1v) is 7.40. The van der Waals surface area contributed by atoms with Crippen LogP contribution in [0.3, 0.4) is 0 Å². The van der Waals surface area contributed by atoms with Crippen molar-refractivity contribution < 1.29 is 22.3 Å². The second kappa shape index (κ2) is 6.67. The fourth-order valence-electron chi connectivity index (χ4n) is 1.46. The largest absolute Gasteiger partial charge is 0.466 e. The SMILES string of the molecule is CCOC(=O)CCN(C)S(=O)(=O)c1ccc(F)c(N)c1. The van der Waals surface area contributed by atoms with Gasteiger partial charge in [-0.1, -0.05) is 0 Å². The highest BCUT2D eigenvalue weighted by atomic mass is 32.2. The lowest BCUT2D eigenvalue weighted by molar-refractivity contribution is -0.143. The van der Waals surface area contributed by atoms with Crippen LogP contribution in [-0.4, -0.2) is 38.9 Å². The minimum atomic E-state index is -3.81. The minimum absolute atomic E-state index is 0.0293. The topological polar surface area (TPSA) is 89.7 Å². The van der Waals surface area contributed by atoms with Crippen LogP contribution in [0.1, 0.15) is 13.3 Å². The van der Waals surface area contributed by atoms with Gasteiger partial charge in [0.2, 0.25) is 10.0 Å². The molecule has 0 radical (unpaired) electrons.